The Balaban J connectivity index is 1.46. The van der Waals surface area contributed by atoms with Crippen molar-refractivity contribution >= 4 is 34.4 Å². The van der Waals surface area contributed by atoms with Gasteiger partial charge in [0.2, 0.25) is 5.91 Å². The highest BCUT2D eigenvalue weighted by atomic mass is 16.4. The quantitative estimate of drug-likeness (QED) is 0.379. The minimum Gasteiger partial charge on any atom is -0.480 e. The van der Waals surface area contributed by atoms with Gasteiger partial charge in [-0.05, 0) is 17.7 Å². The van der Waals surface area contributed by atoms with Gasteiger partial charge in [0, 0.05) is 73.2 Å². The van der Waals surface area contributed by atoms with Crippen molar-refractivity contribution in [1.82, 2.24) is 14.8 Å². The Morgan fingerprint density at radius 3 is 2.41 bits per heavy atom. The van der Waals surface area contributed by atoms with Gasteiger partial charge in [0.15, 0.2) is 0 Å². The molecule has 0 spiro atoms. The summed E-state index contributed by atoms with van der Waals surface area (Å²) in [5.74, 6) is -2.68. The van der Waals surface area contributed by atoms with E-state index < -0.39 is 23.9 Å². The first kappa shape index (κ1) is 23.2. The predicted molar refractivity (Wildman–Crippen MR) is 127 cm³/mol. The maximum Gasteiger partial charge on any atom is 0.328 e. The molecule has 0 unspecified atom stereocenters. The number of benzene rings is 2. The van der Waals surface area contributed by atoms with Crippen LogP contribution < -0.4 is 5.32 Å². The summed E-state index contributed by atoms with van der Waals surface area (Å²) in [5, 5.41) is 22.0. The van der Waals surface area contributed by atoms with Gasteiger partial charge in [0.25, 0.3) is 0 Å². The number of fused-ring (bicyclic) bond motifs is 1. The Kier molecular flexibility index (Phi) is 7.05. The van der Waals surface area contributed by atoms with Crippen LogP contribution in [0.1, 0.15) is 17.2 Å². The smallest absolute Gasteiger partial charge is 0.328 e. The van der Waals surface area contributed by atoms with Crippen molar-refractivity contribution in [3.63, 3.8) is 0 Å². The molecule has 1 saturated heterocycles. The molecule has 9 heteroatoms. The van der Waals surface area contributed by atoms with Crippen LogP contribution >= 0.6 is 0 Å². The number of amides is 1. The molecule has 0 saturated carbocycles. The third kappa shape index (κ3) is 5.51. The largest absolute Gasteiger partial charge is 0.480 e. The van der Waals surface area contributed by atoms with Crippen LogP contribution in [0.3, 0.4) is 0 Å². The maximum atomic E-state index is 12.3. The number of rotatable bonds is 8. The van der Waals surface area contributed by atoms with E-state index >= 15 is 0 Å². The first-order chi connectivity index (χ1) is 16.4. The van der Waals surface area contributed by atoms with Crippen LogP contribution in [0.4, 0.5) is 5.69 Å². The van der Waals surface area contributed by atoms with Gasteiger partial charge in [-0.15, -0.1) is 0 Å². The fourth-order valence-corrected chi connectivity index (χ4v) is 4.29. The molecule has 2 aromatic carbocycles. The van der Waals surface area contributed by atoms with Crippen molar-refractivity contribution in [1.29, 1.82) is 0 Å². The molecule has 4 rings (SSSR count). The second kappa shape index (κ2) is 10.3. The molecule has 176 valence electrons. The number of nitrogens with zero attached hydrogens (tertiary/aromatic N) is 2. The standard InChI is InChI=1S/C25H26N4O5/c30-22(8-9-23(31)32)27-18-6-7-19-20(15-26-21(19)14-18)24(25(33)34)29-12-10-28(11-13-29)16-17-4-2-1-3-5-17/h1-9,14-15,24,26H,10-13,16H2,(H,27,30)(H,31,32)(H,33,34)/b9-8+/t24-/m0/s1. The molecule has 9 nitrogen and oxygen atoms in total. The lowest BCUT2D eigenvalue weighted by atomic mass is 10.0. The lowest BCUT2D eigenvalue weighted by Gasteiger charge is -2.37. The number of carboxylic acid groups (broad SMARTS) is 2. The molecule has 1 aromatic heterocycles. The topological polar surface area (TPSA) is 126 Å². The Bertz CT molecular complexity index is 1210. The Morgan fingerprint density at radius 1 is 1.00 bits per heavy atom. The third-order valence-corrected chi connectivity index (χ3v) is 5.91. The highest BCUT2D eigenvalue weighted by Gasteiger charge is 2.32. The second-order valence-electron chi connectivity index (χ2n) is 8.20. The van der Waals surface area contributed by atoms with Crippen molar-refractivity contribution in [3.8, 4) is 0 Å². The van der Waals surface area contributed by atoms with Crippen molar-refractivity contribution in [2.45, 2.75) is 12.6 Å². The van der Waals surface area contributed by atoms with Crippen molar-refractivity contribution in [2.24, 2.45) is 0 Å². The van der Waals surface area contributed by atoms with E-state index in [4.69, 9.17) is 5.11 Å². The van der Waals surface area contributed by atoms with Crippen LogP contribution in [0.15, 0.2) is 66.9 Å². The Labute approximate surface area is 196 Å². The number of nitrogens with one attached hydrogen (secondary N) is 2. The van der Waals surface area contributed by atoms with Crippen LogP contribution in [0.25, 0.3) is 10.9 Å². The fourth-order valence-electron chi connectivity index (χ4n) is 4.29. The van der Waals surface area contributed by atoms with Crippen LogP contribution in [-0.2, 0) is 20.9 Å². The molecule has 0 bridgehead atoms. The predicted octanol–water partition coefficient (Wildman–Crippen LogP) is 2.69. The fraction of sp³-hybridized carbons (Fsp3) is 0.240. The maximum absolute atomic E-state index is 12.3. The molecule has 3 aromatic rings. The van der Waals surface area contributed by atoms with E-state index in [1.807, 2.05) is 23.1 Å². The average molecular weight is 463 g/mol. The number of piperazine rings is 1. The molecule has 0 aliphatic carbocycles. The van der Waals surface area contributed by atoms with Gasteiger partial charge in [-0.1, -0.05) is 36.4 Å². The molecule has 1 atom stereocenters. The van der Waals surface area contributed by atoms with E-state index in [1.54, 1.807) is 24.4 Å². The Hall–Kier alpha value is -3.95. The number of carboxylic acids is 2. The molecule has 2 heterocycles. The number of H-pyrrole nitrogens is 1. The summed E-state index contributed by atoms with van der Waals surface area (Å²) >= 11 is 0. The molecular weight excluding hydrogens is 436 g/mol. The van der Waals surface area contributed by atoms with Crippen LogP contribution in [0.2, 0.25) is 0 Å². The first-order valence-corrected chi connectivity index (χ1v) is 11.0. The highest BCUT2D eigenvalue weighted by molar-refractivity contribution is 6.03. The Morgan fingerprint density at radius 2 is 1.74 bits per heavy atom. The third-order valence-electron chi connectivity index (χ3n) is 5.91. The number of aliphatic carboxylic acids is 2. The zero-order chi connectivity index (χ0) is 24.1. The first-order valence-electron chi connectivity index (χ1n) is 11.0. The van der Waals surface area contributed by atoms with E-state index in [0.717, 1.165) is 37.2 Å². The van der Waals surface area contributed by atoms with E-state index in [2.05, 4.69) is 27.3 Å². The van der Waals surface area contributed by atoms with Gasteiger partial charge in [0.05, 0.1) is 0 Å². The minimum atomic E-state index is -1.21. The summed E-state index contributed by atoms with van der Waals surface area (Å²) in [5.41, 5.74) is 3.07. The number of carbonyl (C=O) groups excluding carboxylic acids is 1. The average Bonchev–Trinajstić information content (AvgIpc) is 3.22. The van der Waals surface area contributed by atoms with Gasteiger partial charge in [-0.3, -0.25) is 19.4 Å². The zero-order valence-electron chi connectivity index (χ0n) is 18.5. The van der Waals surface area contributed by atoms with Crippen molar-refractivity contribution in [2.75, 3.05) is 31.5 Å². The number of anilines is 1. The van der Waals surface area contributed by atoms with Gasteiger partial charge in [-0.2, -0.15) is 0 Å². The summed E-state index contributed by atoms with van der Waals surface area (Å²) < 4.78 is 0. The monoisotopic (exact) mass is 462 g/mol. The van der Waals surface area contributed by atoms with Crippen molar-refractivity contribution < 1.29 is 24.6 Å². The number of aromatic amines is 1. The number of hydrogen-bond donors (Lipinski definition) is 4. The summed E-state index contributed by atoms with van der Waals surface area (Å²) in [4.78, 5) is 42.1. The zero-order valence-corrected chi connectivity index (χ0v) is 18.5. The highest BCUT2D eigenvalue weighted by Crippen LogP contribution is 2.31. The summed E-state index contributed by atoms with van der Waals surface area (Å²) in [6, 6.07) is 14.6. The van der Waals surface area contributed by atoms with Gasteiger partial charge < -0.3 is 20.5 Å². The SMILES string of the molecule is O=C(O)/C=C/C(=O)Nc1ccc2c([C@@H](C(=O)O)N3CCN(Cc4ccccc4)CC3)c[nH]c2c1. The molecular formula is C25H26N4O5. The number of carbonyl (C=O) groups is 3. The summed E-state index contributed by atoms with van der Waals surface area (Å²) in [6.45, 7) is 3.68. The van der Waals surface area contributed by atoms with E-state index in [0.29, 0.717) is 29.9 Å². The lowest BCUT2D eigenvalue weighted by molar-refractivity contribution is -0.144. The normalized spacial score (nSPS) is 16.0. The van der Waals surface area contributed by atoms with Crippen LogP contribution in [0.5, 0.6) is 0 Å². The van der Waals surface area contributed by atoms with E-state index in [9.17, 15) is 19.5 Å². The molecule has 1 aliphatic rings. The molecule has 1 fully saturated rings. The minimum absolute atomic E-state index is 0.474. The summed E-state index contributed by atoms with van der Waals surface area (Å²) in [7, 11) is 0. The summed E-state index contributed by atoms with van der Waals surface area (Å²) in [6.07, 6.45) is 3.40. The lowest BCUT2D eigenvalue weighted by Crippen LogP contribution is -2.48. The second-order valence-corrected chi connectivity index (χ2v) is 8.20. The van der Waals surface area contributed by atoms with Crippen molar-refractivity contribution in [3.05, 3.63) is 78.0 Å². The van der Waals surface area contributed by atoms with Crippen LogP contribution in [-0.4, -0.2) is 69.0 Å². The van der Waals surface area contributed by atoms with Gasteiger partial charge in [-0.25, -0.2) is 4.79 Å². The molecule has 0 radical (unpaired) electrons. The number of hydrogen-bond acceptors (Lipinski definition) is 5. The van der Waals surface area contributed by atoms with E-state index in [1.165, 1.54) is 5.56 Å². The molecule has 1 aliphatic heterocycles. The van der Waals surface area contributed by atoms with Gasteiger partial charge in [0.1, 0.15) is 6.04 Å². The molecule has 4 N–H and O–H groups in total. The number of aromatic nitrogens is 1. The van der Waals surface area contributed by atoms with Crippen LogP contribution in [0, 0.1) is 0 Å². The molecule has 1 amide bonds. The van der Waals surface area contributed by atoms with Gasteiger partial charge >= 0.3 is 11.9 Å². The molecule has 34 heavy (non-hydrogen) atoms. The van der Waals surface area contributed by atoms with E-state index in [-0.39, 0.29) is 0 Å².